The second-order valence-electron chi connectivity index (χ2n) is 5.09. The fourth-order valence-corrected chi connectivity index (χ4v) is 2.40. The third-order valence-electron chi connectivity index (χ3n) is 3.65. The lowest BCUT2D eigenvalue weighted by Gasteiger charge is -2.19. The van der Waals surface area contributed by atoms with E-state index in [1.54, 1.807) is 6.07 Å². The maximum Gasteiger partial charge on any atom is 0.314 e. The first-order valence-corrected chi connectivity index (χ1v) is 6.43. The molecule has 0 radical (unpaired) electrons. The zero-order valence-electron chi connectivity index (χ0n) is 11.6. The molecule has 2 rings (SSSR count). The van der Waals surface area contributed by atoms with E-state index in [-0.39, 0.29) is 24.0 Å². The number of benzene rings is 1. The highest BCUT2D eigenvalue weighted by Crippen LogP contribution is 2.36. The summed E-state index contributed by atoms with van der Waals surface area (Å²) < 4.78 is 10.6. The van der Waals surface area contributed by atoms with E-state index in [9.17, 15) is 14.9 Å². The van der Waals surface area contributed by atoms with Crippen molar-refractivity contribution in [1.29, 1.82) is 0 Å². The summed E-state index contributed by atoms with van der Waals surface area (Å²) in [5.41, 5.74) is 9.84. The molecule has 8 heteroatoms. The van der Waals surface area contributed by atoms with E-state index in [0.717, 1.165) is 0 Å². The summed E-state index contributed by atoms with van der Waals surface area (Å²) in [6.45, 7) is 0. The van der Waals surface area contributed by atoms with Crippen molar-refractivity contribution in [3.05, 3.63) is 28.3 Å². The molecule has 0 aliphatic heterocycles. The van der Waals surface area contributed by atoms with Gasteiger partial charge >= 0.3 is 5.69 Å². The number of carbonyl (C=O) groups is 1. The highest BCUT2D eigenvalue weighted by atomic mass is 16.6. The Labute approximate surface area is 121 Å². The third kappa shape index (κ3) is 3.05. The van der Waals surface area contributed by atoms with Gasteiger partial charge in [0.2, 0.25) is 5.91 Å². The second kappa shape index (κ2) is 5.57. The van der Waals surface area contributed by atoms with E-state index >= 15 is 0 Å². The van der Waals surface area contributed by atoms with Gasteiger partial charge in [-0.2, -0.15) is 0 Å². The number of nitrogens with two attached hydrogens (primary N) is 2. The number of methoxy groups -OCH3 is 1. The molecule has 4 N–H and O–H groups in total. The van der Waals surface area contributed by atoms with Crippen LogP contribution in [-0.4, -0.2) is 29.6 Å². The molecule has 1 aromatic carbocycles. The first kappa shape index (κ1) is 15.0. The first-order chi connectivity index (χ1) is 9.85. The van der Waals surface area contributed by atoms with E-state index in [2.05, 4.69) is 0 Å². The molecule has 2 unspecified atom stereocenters. The number of nitro benzene ring substituents is 1. The third-order valence-corrected chi connectivity index (χ3v) is 3.65. The van der Waals surface area contributed by atoms with Crippen LogP contribution in [0.4, 0.5) is 5.69 Å². The molecule has 21 heavy (non-hydrogen) atoms. The largest absolute Gasteiger partial charge is 0.496 e. The van der Waals surface area contributed by atoms with Crippen LogP contribution in [-0.2, 0) is 4.79 Å². The van der Waals surface area contributed by atoms with E-state index in [1.165, 1.54) is 19.2 Å². The number of primary amides is 1. The van der Waals surface area contributed by atoms with Gasteiger partial charge < -0.3 is 20.9 Å². The molecule has 2 atom stereocenters. The average Bonchev–Trinajstić information content (AvgIpc) is 2.82. The summed E-state index contributed by atoms with van der Waals surface area (Å²) in [7, 11) is 1.42. The van der Waals surface area contributed by atoms with Crippen LogP contribution < -0.4 is 20.9 Å². The maximum absolute atomic E-state index is 11.3. The van der Waals surface area contributed by atoms with Crippen molar-refractivity contribution in [2.24, 2.45) is 11.5 Å². The number of amides is 1. The minimum atomic E-state index is -1.11. The zero-order valence-corrected chi connectivity index (χ0v) is 11.6. The quantitative estimate of drug-likeness (QED) is 0.607. The smallest absolute Gasteiger partial charge is 0.314 e. The molecular weight excluding hydrogens is 278 g/mol. The van der Waals surface area contributed by atoms with Crippen molar-refractivity contribution in [1.82, 2.24) is 0 Å². The minimum Gasteiger partial charge on any atom is -0.496 e. The highest BCUT2D eigenvalue weighted by molar-refractivity contribution is 5.84. The molecule has 0 bridgehead atoms. The van der Waals surface area contributed by atoms with Crippen molar-refractivity contribution >= 4 is 11.6 Å². The predicted molar refractivity (Wildman–Crippen MR) is 74.0 cm³/mol. The van der Waals surface area contributed by atoms with Crippen molar-refractivity contribution in [2.45, 2.75) is 30.9 Å². The van der Waals surface area contributed by atoms with Crippen LogP contribution in [0.15, 0.2) is 18.2 Å². The number of nitro groups is 1. The number of hydrogen-bond donors (Lipinski definition) is 2. The molecule has 1 aromatic rings. The molecule has 0 heterocycles. The van der Waals surface area contributed by atoms with Crippen LogP contribution in [0.2, 0.25) is 0 Å². The fourth-order valence-electron chi connectivity index (χ4n) is 2.40. The second-order valence-corrected chi connectivity index (χ2v) is 5.09. The van der Waals surface area contributed by atoms with Gasteiger partial charge in [-0.3, -0.25) is 14.9 Å². The van der Waals surface area contributed by atoms with Gasteiger partial charge in [0.05, 0.1) is 23.6 Å². The van der Waals surface area contributed by atoms with Gasteiger partial charge in [0.15, 0.2) is 5.75 Å². The van der Waals surface area contributed by atoms with Crippen LogP contribution in [0.5, 0.6) is 11.5 Å². The van der Waals surface area contributed by atoms with Crippen LogP contribution in [0.25, 0.3) is 0 Å². The van der Waals surface area contributed by atoms with Crippen molar-refractivity contribution < 1.29 is 19.2 Å². The Balaban J connectivity index is 2.17. The molecule has 0 spiro atoms. The number of ether oxygens (including phenoxy) is 2. The van der Waals surface area contributed by atoms with Crippen LogP contribution in [0, 0.1) is 10.1 Å². The Morgan fingerprint density at radius 3 is 2.76 bits per heavy atom. The Hall–Kier alpha value is -2.35. The minimum absolute atomic E-state index is 0.125. The van der Waals surface area contributed by atoms with E-state index in [0.29, 0.717) is 18.6 Å². The Morgan fingerprint density at radius 1 is 1.52 bits per heavy atom. The van der Waals surface area contributed by atoms with Gasteiger partial charge in [0, 0.05) is 6.42 Å². The monoisotopic (exact) mass is 295 g/mol. The SMILES string of the molecule is COc1ccc(OC2CCC(N)(C(N)=O)C2)c([N+](=O)[O-])c1. The van der Waals surface area contributed by atoms with Crippen molar-refractivity contribution in [3.63, 3.8) is 0 Å². The molecule has 1 fully saturated rings. The lowest BCUT2D eigenvalue weighted by Crippen LogP contribution is -2.50. The lowest BCUT2D eigenvalue weighted by atomic mass is 9.99. The average molecular weight is 295 g/mol. The molecule has 0 aromatic heterocycles. The summed E-state index contributed by atoms with van der Waals surface area (Å²) in [6, 6.07) is 4.33. The number of rotatable bonds is 5. The molecule has 1 aliphatic carbocycles. The summed E-state index contributed by atoms with van der Waals surface area (Å²) in [6.07, 6.45) is 0.778. The van der Waals surface area contributed by atoms with Crippen LogP contribution in [0.1, 0.15) is 19.3 Å². The topological polar surface area (TPSA) is 131 Å². The molecule has 1 aliphatic rings. The van der Waals surface area contributed by atoms with Crippen molar-refractivity contribution in [2.75, 3.05) is 7.11 Å². The summed E-state index contributed by atoms with van der Waals surface area (Å²) >= 11 is 0. The fraction of sp³-hybridized carbons (Fsp3) is 0.462. The maximum atomic E-state index is 11.3. The van der Waals surface area contributed by atoms with Crippen molar-refractivity contribution in [3.8, 4) is 11.5 Å². The molecule has 1 amide bonds. The van der Waals surface area contributed by atoms with E-state index in [4.69, 9.17) is 20.9 Å². The summed E-state index contributed by atoms with van der Waals surface area (Å²) in [4.78, 5) is 21.8. The van der Waals surface area contributed by atoms with Gasteiger partial charge in [-0.1, -0.05) is 0 Å². The Kier molecular flexibility index (Phi) is 3.99. The number of hydrogen-bond acceptors (Lipinski definition) is 6. The summed E-state index contributed by atoms with van der Waals surface area (Å²) in [5.74, 6) is -0.0943. The zero-order chi connectivity index (χ0) is 15.6. The molecule has 1 saturated carbocycles. The van der Waals surface area contributed by atoms with Gasteiger partial charge in [-0.25, -0.2) is 0 Å². The molecule has 8 nitrogen and oxygen atoms in total. The van der Waals surface area contributed by atoms with E-state index in [1.807, 2.05) is 0 Å². The molecular formula is C13H17N3O5. The Bertz CT molecular complexity index is 577. The molecule has 114 valence electrons. The van der Waals surface area contributed by atoms with Crippen LogP contribution in [0.3, 0.4) is 0 Å². The number of carbonyl (C=O) groups excluding carboxylic acids is 1. The van der Waals surface area contributed by atoms with Gasteiger partial charge in [0.1, 0.15) is 11.9 Å². The predicted octanol–water partition coefficient (Wildman–Crippen LogP) is 0.718. The highest BCUT2D eigenvalue weighted by Gasteiger charge is 2.42. The summed E-state index contributed by atoms with van der Waals surface area (Å²) in [5, 5.41) is 11.1. The standard InChI is InChI=1S/C13H17N3O5/c1-20-8-2-3-11(10(6-8)16(18)19)21-9-4-5-13(15,7-9)12(14)17/h2-3,6,9H,4-5,7,15H2,1H3,(H2,14,17). The van der Waals surface area contributed by atoms with E-state index < -0.39 is 16.4 Å². The first-order valence-electron chi connectivity index (χ1n) is 6.43. The Morgan fingerprint density at radius 2 is 2.24 bits per heavy atom. The van der Waals surface area contributed by atoms with Crippen LogP contribution >= 0.6 is 0 Å². The van der Waals surface area contributed by atoms with Gasteiger partial charge in [-0.05, 0) is 25.0 Å². The normalized spacial score (nSPS) is 24.6. The lowest BCUT2D eigenvalue weighted by molar-refractivity contribution is -0.386. The van der Waals surface area contributed by atoms with Gasteiger partial charge in [0.25, 0.3) is 0 Å². The molecule has 0 saturated heterocycles. The number of nitrogens with zero attached hydrogens (tertiary/aromatic N) is 1. The van der Waals surface area contributed by atoms with Gasteiger partial charge in [-0.15, -0.1) is 0 Å².